The zero-order chi connectivity index (χ0) is 14.1. The molecule has 0 aromatic heterocycles. The molecule has 104 valence electrons. The van der Waals surface area contributed by atoms with E-state index in [1.54, 1.807) is 6.08 Å². The highest BCUT2D eigenvalue weighted by Gasteiger charge is 2.05. The van der Waals surface area contributed by atoms with E-state index in [2.05, 4.69) is 31.3 Å². The van der Waals surface area contributed by atoms with Crippen molar-refractivity contribution in [2.75, 3.05) is 6.61 Å². The SMILES string of the molecule is CCOC(=O)/C=C(/CC(C)C)NCc1ccccc1. The maximum Gasteiger partial charge on any atom is 0.332 e. The van der Waals surface area contributed by atoms with Gasteiger partial charge >= 0.3 is 5.97 Å². The van der Waals surface area contributed by atoms with Crippen molar-refractivity contribution < 1.29 is 9.53 Å². The zero-order valence-corrected chi connectivity index (χ0v) is 12.0. The van der Waals surface area contributed by atoms with Crippen LogP contribution in [0.15, 0.2) is 42.1 Å². The summed E-state index contributed by atoms with van der Waals surface area (Å²) in [7, 11) is 0. The van der Waals surface area contributed by atoms with Gasteiger partial charge in [0.15, 0.2) is 0 Å². The van der Waals surface area contributed by atoms with Gasteiger partial charge in [-0.1, -0.05) is 44.2 Å². The van der Waals surface area contributed by atoms with Crippen LogP contribution in [0.4, 0.5) is 0 Å². The first-order valence-corrected chi connectivity index (χ1v) is 6.77. The molecule has 0 saturated heterocycles. The van der Waals surface area contributed by atoms with Crippen LogP contribution in [0.1, 0.15) is 32.8 Å². The van der Waals surface area contributed by atoms with Gasteiger partial charge in [-0.2, -0.15) is 0 Å². The molecule has 1 aromatic rings. The van der Waals surface area contributed by atoms with Crippen LogP contribution < -0.4 is 5.32 Å². The van der Waals surface area contributed by atoms with Crippen molar-refractivity contribution in [3.8, 4) is 0 Å². The average Bonchev–Trinajstić information content (AvgIpc) is 2.37. The number of rotatable bonds is 7. The first-order valence-electron chi connectivity index (χ1n) is 6.77. The molecular weight excluding hydrogens is 238 g/mol. The van der Waals surface area contributed by atoms with Crippen molar-refractivity contribution in [3.05, 3.63) is 47.7 Å². The monoisotopic (exact) mass is 261 g/mol. The molecule has 0 amide bonds. The molecule has 1 aromatic carbocycles. The Hall–Kier alpha value is -1.77. The van der Waals surface area contributed by atoms with Crippen LogP contribution in [0.3, 0.4) is 0 Å². The molecule has 1 N–H and O–H groups in total. The molecular formula is C16H23NO2. The lowest BCUT2D eigenvalue weighted by Crippen LogP contribution is -2.16. The number of hydrogen-bond acceptors (Lipinski definition) is 3. The van der Waals surface area contributed by atoms with Gasteiger partial charge in [0.05, 0.1) is 6.61 Å². The Morgan fingerprint density at radius 2 is 2.00 bits per heavy atom. The summed E-state index contributed by atoms with van der Waals surface area (Å²) in [5.74, 6) is 0.211. The van der Waals surface area contributed by atoms with Gasteiger partial charge in [0, 0.05) is 18.3 Å². The summed E-state index contributed by atoms with van der Waals surface area (Å²) in [6.07, 6.45) is 2.40. The molecule has 0 fully saturated rings. The standard InChI is InChI=1S/C16H23NO2/c1-4-19-16(18)11-15(10-13(2)3)17-12-14-8-6-5-7-9-14/h5-9,11,13,17H,4,10,12H2,1-3H3/b15-11-. The lowest BCUT2D eigenvalue weighted by atomic mass is 10.1. The van der Waals surface area contributed by atoms with Gasteiger partial charge in [0.25, 0.3) is 0 Å². The average molecular weight is 261 g/mol. The summed E-state index contributed by atoms with van der Waals surface area (Å²) in [6, 6.07) is 10.1. The molecule has 0 aliphatic heterocycles. The fraction of sp³-hybridized carbons (Fsp3) is 0.438. The van der Waals surface area contributed by atoms with Crippen molar-refractivity contribution in [2.45, 2.75) is 33.7 Å². The van der Waals surface area contributed by atoms with E-state index in [0.717, 1.165) is 18.7 Å². The Kier molecular flexibility index (Phi) is 6.72. The summed E-state index contributed by atoms with van der Waals surface area (Å²) >= 11 is 0. The molecule has 0 radical (unpaired) electrons. The number of nitrogens with one attached hydrogen (secondary N) is 1. The molecule has 3 nitrogen and oxygen atoms in total. The van der Waals surface area contributed by atoms with Gasteiger partial charge < -0.3 is 10.1 Å². The molecule has 0 saturated carbocycles. The summed E-state index contributed by atoms with van der Waals surface area (Å²) < 4.78 is 4.95. The molecule has 19 heavy (non-hydrogen) atoms. The van der Waals surface area contributed by atoms with Crippen molar-refractivity contribution in [1.29, 1.82) is 0 Å². The van der Waals surface area contributed by atoms with Gasteiger partial charge in [-0.25, -0.2) is 4.79 Å². The van der Waals surface area contributed by atoms with Crippen molar-refractivity contribution >= 4 is 5.97 Å². The molecule has 0 spiro atoms. The Morgan fingerprint density at radius 1 is 1.32 bits per heavy atom. The van der Waals surface area contributed by atoms with E-state index in [-0.39, 0.29) is 5.97 Å². The Bertz CT molecular complexity index is 410. The van der Waals surface area contributed by atoms with Crippen molar-refractivity contribution in [2.24, 2.45) is 5.92 Å². The number of carbonyl (C=O) groups is 1. The Morgan fingerprint density at radius 3 is 2.58 bits per heavy atom. The lowest BCUT2D eigenvalue weighted by molar-refractivity contribution is -0.137. The second-order valence-electron chi connectivity index (χ2n) is 4.86. The highest BCUT2D eigenvalue weighted by atomic mass is 16.5. The third kappa shape index (κ3) is 6.65. The molecule has 0 bridgehead atoms. The van der Waals surface area contributed by atoms with Crippen LogP contribution in [0, 0.1) is 5.92 Å². The molecule has 0 aliphatic carbocycles. The van der Waals surface area contributed by atoms with Gasteiger partial charge in [-0.05, 0) is 24.8 Å². The van der Waals surface area contributed by atoms with E-state index in [4.69, 9.17) is 4.74 Å². The largest absolute Gasteiger partial charge is 0.463 e. The number of allylic oxidation sites excluding steroid dienone is 1. The maximum absolute atomic E-state index is 11.5. The summed E-state index contributed by atoms with van der Waals surface area (Å²) in [5.41, 5.74) is 2.12. The number of ether oxygens (including phenoxy) is 1. The third-order valence-corrected chi connectivity index (χ3v) is 2.57. The van der Waals surface area contributed by atoms with E-state index in [0.29, 0.717) is 12.5 Å². The third-order valence-electron chi connectivity index (χ3n) is 2.57. The summed E-state index contributed by atoms with van der Waals surface area (Å²) in [4.78, 5) is 11.5. The molecule has 0 unspecified atom stereocenters. The fourth-order valence-corrected chi connectivity index (χ4v) is 1.76. The van der Waals surface area contributed by atoms with Gasteiger partial charge in [0.2, 0.25) is 0 Å². The predicted octanol–water partition coefficient (Wildman–Crippen LogP) is 3.27. The lowest BCUT2D eigenvalue weighted by Gasteiger charge is -2.13. The van der Waals surface area contributed by atoms with Gasteiger partial charge in [-0.3, -0.25) is 0 Å². The quantitative estimate of drug-likeness (QED) is 0.604. The normalized spacial score (nSPS) is 11.5. The zero-order valence-electron chi connectivity index (χ0n) is 12.0. The molecule has 3 heteroatoms. The number of carbonyl (C=O) groups excluding carboxylic acids is 1. The van der Waals surface area contributed by atoms with E-state index in [1.165, 1.54) is 5.56 Å². The minimum absolute atomic E-state index is 0.279. The van der Waals surface area contributed by atoms with E-state index in [1.807, 2.05) is 25.1 Å². The number of esters is 1. The first-order chi connectivity index (χ1) is 9.11. The summed E-state index contributed by atoms with van der Waals surface area (Å²) in [5, 5.41) is 3.32. The van der Waals surface area contributed by atoms with Crippen LogP contribution in [0.5, 0.6) is 0 Å². The minimum atomic E-state index is -0.279. The van der Waals surface area contributed by atoms with Crippen LogP contribution in [0.2, 0.25) is 0 Å². The first kappa shape index (κ1) is 15.3. The topological polar surface area (TPSA) is 38.3 Å². The molecule has 0 heterocycles. The van der Waals surface area contributed by atoms with E-state index < -0.39 is 0 Å². The molecule has 1 rings (SSSR count). The smallest absolute Gasteiger partial charge is 0.332 e. The molecule has 0 atom stereocenters. The van der Waals surface area contributed by atoms with Crippen LogP contribution in [-0.2, 0) is 16.1 Å². The summed E-state index contributed by atoms with van der Waals surface area (Å²) in [6.45, 7) is 7.19. The van der Waals surface area contributed by atoms with Gasteiger partial charge in [0.1, 0.15) is 0 Å². The van der Waals surface area contributed by atoms with Crippen LogP contribution >= 0.6 is 0 Å². The predicted molar refractivity (Wildman–Crippen MR) is 77.5 cm³/mol. The van der Waals surface area contributed by atoms with Crippen molar-refractivity contribution in [3.63, 3.8) is 0 Å². The highest BCUT2D eigenvalue weighted by Crippen LogP contribution is 2.09. The van der Waals surface area contributed by atoms with Crippen LogP contribution in [-0.4, -0.2) is 12.6 Å². The fourth-order valence-electron chi connectivity index (χ4n) is 1.76. The maximum atomic E-state index is 11.5. The Labute approximate surface area is 115 Å². The number of hydrogen-bond donors (Lipinski definition) is 1. The number of benzene rings is 1. The second-order valence-corrected chi connectivity index (χ2v) is 4.86. The van der Waals surface area contributed by atoms with E-state index in [9.17, 15) is 4.79 Å². The van der Waals surface area contributed by atoms with Gasteiger partial charge in [-0.15, -0.1) is 0 Å². The highest BCUT2D eigenvalue weighted by molar-refractivity contribution is 5.82. The van der Waals surface area contributed by atoms with Crippen LogP contribution in [0.25, 0.3) is 0 Å². The Balaban J connectivity index is 2.61. The molecule has 0 aliphatic rings. The van der Waals surface area contributed by atoms with E-state index >= 15 is 0 Å². The second kappa shape index (κ2) is 8.35. The van der Waals surface area contributed by atoms with Crippen molar-refractivity contribution in [1.82, 2.24) is 5.32 Å². The minimum Gasteiger partial charge on any atom is -0.463 e.